The third-order valence-electron chi connectivity index (χ3n) is 4.56. The van der Waals surface area contributed by atoms with Crippen molar-refractivity contribution in [3.05, 3.63) is 39.9 Å². The van der Waals surface area contributed by atoms with Crippen molar-refractivity contribution < 1.29 is 4.92 Å². The third kappa shape index (κ3) is 4.51. The summed E-state index contributed by atoms with van der Waals surface area (Å²) in [5.41, 5.74) is 1.25. The van der Waals surface area contributed by atoms with Crippen LogP contribution in [0.25, 0.3) is 0 Å². The summed E-state index contributed by atoms with van der Waals surface area (Å²) < 4.78 is 0. The molecule has 0 amide bonds. The van der Waals surface area contributed by atoms with Gasteiger partial charge < -0.3 is 10.2 Å². The predicted octanol–water partition coefficient (Wildman–Crippen LogP) is 2.80. The molecule has 2 rings (SSSR count). The van der Waals surface area contributed by atoms with E-state index in [2.05, 4.69) is 24.1 Å². The number of nitrogens with zero attached hydrogens (tertiary/aromatic N) is 2. The lowest BCUT2D eigenvalue weighted by Crippen LogP contribution is -2.41. The minimum Gasteiger partial charge on any atom is -0.310 e. The van der Waals surface area contributed by atoms with Crippen LogP contribution in [0.4, 0.5) is 5.69 Å². The molecule has 1 atom stereocenters. The van der Waals surface area contributed by atoms with Crippen molar-refractivity contribution >= 4 is 5.69 Å². The van der Waals surface area contributed by atoms with Crippen LogP contribution >= 0.6 is 0 Å². The average molecular weight is 291 g/mol. The normalized spacial score (nSPS) is 18.6. The number of rotatable bonds is 6. The lowest BCUT2D eigenvalue weighted by Gasteiger charge is -2.34. The molecule has 1 saturated heterocycles. The largest absolute Gasteiger partial charge is 0.310 e. The number of nitrogens with one attached hydrogen (secondary N) is 1. The van der Waals surface area contributed by atoms with Crippen molar-refractivity contribution in [3.63, 3.8) is 0 Å². The Morgan fingerprint density at radius 3 is 2.48 bits per heavy atom. The first-order valence-electron chi connectivity index (χ1n) is 7.79. The molecular formula is C16H25N3O2. The van der Waals surface area contributed by atoms with Crippen LogP contribution in [0.15, 0.2) is 24.3 Å². The Labute approximate surface area is 126 Å². The summed E-state index contributed by atoms with van der Waals surface area (Å²) in [6.07, 6.45) is 2.50. The second-order valence-corrected chi connectivity index (χ2v) is 5.86. The molecule has 21 heavy (non-hydrogen) atoms. The van der Waals surface area contributed by atoms with Crippen LogP contribution in [-0.2, 0) is 6.54 Å². The Morgan fingerprint density at radius 2 is 1.95 bits per heavy atom. The number of benzene rings is 1. The number of nitro groups is 1. The summed E-state index contributed by atoms with van der Waals surface area (Å²) in [6, 6.07) is 7.29. The molecule has 0 saturated carbocycles. The molecule has 0 bridgehead atoms. The highest BCUT2D eigenvalue weighted by Crippen LogP contribution is 2.21. The lowest BCUT2D eigenvalue weighted by atomic mass is 9.90. The van der Waals surface area contributed by atoms with Gasteiger partial charge >= 0.3 is 0 Å². The van der Waals surface area contributed by atoms with Crippen LogP contribution in [0.5, 0.6) is 0 Å². The molecule has 0 aromatic heterocycles. The summed E-state index contributed by atoms with van der Waals surface area (Å²) in [5, 5.41) is 14.2. The van der Waals surface area contributed by atoms with Crippen molar-refractivity contribution in [2.24, 2.45) is 5.92 Å². The van der Waals surface area contributed by atoms with E-state index in [9.17, 15) is 10.1 Å². The van der Waals surface area contributed by atoms with E-state index < -0.39 is 0 Å². The number of nitro benzene ring substituents is 1. The van der Waals surface area contributed by atoms with Crippen molar-refractivity contribution in [2.45, 2.75) is 39.3 Å². The molecule has 1 aliphatic heterocycles. The van der Waals surface area contributed by atoms with Gasteiger partial charge in [0.25, 0.3) is 5.69 Å². The van der Waals surface area contributed by atoms with Crippen LogP contribution in [0, 0.1) is 16.0 Å². The Hall–Kier alpha value is -1.46. The van der Waals surface area contributed by atoms with E-state index in [0.717, 1.165) is 24.6 Å². The molecule has 1 aromatic rings. The molecule has 1 aromatic carbocycles. The summed E-state index contributed by atoms with van der Waals surface area (Å²) in [7, 11) is 0. The van der Waals surface area contributed by atoms with Gasteiger partial charge in [0.1, 0.15) is 0 Å². The smallest absolute Gasteiger partial charge is 0.269 e. The first-order valence-corrected chi connectivity index (χ1v) is 7.79. The van der Waals surface area contributed by atoms with E-state index in [1.54, 1.807) is 12.1 Å². The molecule has 1 fully saturated rings. The maximum Gasteiger partial charge on any atom is 0.269 e. The fraction of sp³-hybridized carbons (Fsp3) is 0.625. The van der Waals surface area contributed by atoms with E-state index in [4.69, 9.17) is 0 Å². The maximum absolute atomic E-state index is 10.6. The Bertz CT molecular complexity index is 453. The quantitative estimate of drug-likeness (QED) is 0.647. The minimum atomic E-state index is -0.360. The van der Waals surface area contributed by atoms with Gasteiger partial charge in [0.2, 0.25) is 0 Å². The fourth-order valence-corrected chi connectivity index (χ4v) is 2.95. The summed E-state index contributed by atoms with van der Waals surface area (Å²) in [6.45, 7) is 8.79. The SMILES string of the molecule is CCN1CCC(C(C)NCc2ccc([N+](=O)[O-])cc2)CC1. The Kier molecular flexibility index (Phi) is 5.70. The van der Waals surface area contributed by atoms with Crippen molar-refractivity contribution in [1.82, 2.24) is 10.2 Å². The highest BCUT2D eigenvalue weighted by molar-refractivity contribution is 5.32. The van der Waals surface area contributed by atoms with E-state index in [-0.39, 0.29) is 10.6 Å². The zero-order valence-electron chi connectivity index (χ0n) is 12.9. The van der Waals surface area contributed by atoms with Gasteiger partial charge in [-0.25, -0.2) is 0 Å². The Balaban J connectivity index is 1.78. The fourth-order valence-electron chi connectivity index (χ4n) is 2.95. The van der Waals surface area contributed by atoms with Gasteiger partial charge in [-0.15, -0.1) is 0 Å². The molecule has 5 nitrogen and oxygen atoms in total. The molecule has 5 heteroatoms. The monoisotopic (exact) mass is 291 g/mol. The minimum absolute atomic E-state index is 0.152. The molecule has 0 aliphatic carbocycles. The van der Waals surface area contributed by atoms with Gasteiger partial charge in [-0.3, -0.25) is 10.1 Å². The van der Waals surface area contributed by atoms with Crippen LogP contribution in [0.2, 0.25) is 0 Å². The van der Waals surface area contributed by atoms with Crippen molar-refractivity contribution in [1.29, 1.82) is 0 Å². The standard InChI is InChI=1S/C16H25N3O2/c1-3-18-10-8-15(9-11-18)13(2)17-12-14-4-6-16(7-5-14)19(20)21/h4-7,13,15,17H,3,8-12H2,1-2H3. The molecule has 1 N–H and O–H groups in total. The lowest BCUT2D eigenvalue weighted by molar-refractivity contribution is -0.384. The number of hydrogen-bond acceptors (Lipinski definition) is 4. The van der Waals surface area contributed by atoms with Crippen molar-refractivity contribution in [3.8, 4) is 0 Å². The van der Waals surface area contributed by atoms with Gasteiger partial charge in [0.05, 0.1) is 4.92 Å². The van der Waals surface area contributed by atoms with E-state index in [1.165, 1.54) is 25.9 Å². The highest BCUT2D eigenvalue weighted by atomic mass is 16.6. The molecule has 1 unspecified atom stereocenters. The van der Waals surface area contributed by atoms with E-state index in [0.29, 0.717) is 6.04 Å². The van der Waals surface area contributed by atoms with Crippen molar-refractivity contribution in [2.75, 3.05) is 19.6 Å². The molecular weight excluding hydrogens is 266 g/mol. The molecule has 0 spiro atoms. The number of non-ortho nitro benzene ring substituents is 1. The van der Waals surface area contributed by atoms with Gasteiger partial charge in [-0.2, -0.15) is 0 Å². The molecule has 1 aliphatic rings. The summed E-state index contributed by atoms with van der Waals surface area (Å²) >= 11 is 0. The second-order valence-electron chi connectivity index (χ2n) is 5.86. The van der Waals surface area contributed by atoms with Gasteiger partial charge in [0.15, 0.2) is 0 Å². The number of piperidine rings is 1. The van der Waals surface area contributed by atoms with E-state index in [1.807, 2.05) is 12.1 Å². The first-order chi connectivity index (χ1) is 10.1. The molecule has 1 heterocycles. The van der Waals surface area contributed by atoms with Crippen LogP contribution in [0.1, 0.15) is 32.3 Å². The van der Waals surface area contributed by atoms with E-state index >= 15 is 0 Å². The summed E-state index contributed by atoms with van der Waals surface area (Å²) in [4.78, 5) is 12.8. The topological polar surface area (TPSA) is 58.4 Å². The second kappa shape index (κ2) is 7.52. The predicted molar refractivity (Wildman–Crippen MR) is 84.2 cm³/mol. The van der Waals surface area contributed by atoms with Gasteiger partial charge in [-0.05, 0) is 50.9 Å². The zero-order valence-corrected chi connectivity index (χ0v) is 12.9. The van der Waals surface area contributed by atoms with Crippen LogP contribution in [0.3, 0.4) is 0 Å². The Morgan fingerprint density at radius 1 is 1.33 bits per heavy atom. The number of hydrogen-bond donors (Lipinski definition) is 1. The zero-order chi connectivity index (χ0) is 15.2. The molecule has 0 radical (unpaired) electrons. The maximum atomic E-state index is 10.6. The average Bonchev–Trinajstić information content (AvgIpc) is 2.53. The van der Waals surface area contributed by atoms with Gasteiger partial charge in [0, 0.05) is 24.7 Å². The first kappa shape index (κ1) is 15.9. The summed E-state index contributed by atoms with van der Waals surface area (Å²) in [5.74, 6) is 0.728. The van der Waals surface area contributed by atoms with Crippen LogP contribution < -0.4 is 5.32 Å². The van der Waals surface area contributed by atoms with Crippen LogP contribution in [-0.4, -0.2) is 35.5 Å². The third-order valence-corrected chi connectivity index (χ3v) is 4.56. The number of likely N-dealkylation sites (tertiary alicyclic amines) is 1. The highest BCUT2D eigenvalue weighted by Gasteiger charge is 2.22. The molecule has 116 valence electrons. The van der Waals surface area contributed by atoms with Gasteiger partial charge in [-0.1, -0.05) is 19.1 Å².